The summed E-state index contributed by atoms with van der Waals surface area (Å²) in [6.45, 7) is 3.22. The Labute approximate surface area is 154 Å². The van der Waals surface area contributed by atoms with Gasteiger partial charge in [0, 0.05) is 30.4 Å². The number of methoxy groups -OCH3 is 2. The highest BCUT2D eigenvalue weighted by molar-refractivity contribution is 8.00. The number of ether oxygens (including phenoxy) is 3. The number of thiazole rings is 1. The van der Waals surface area contributed by atoms with Gasteiger partial charge in [-0.15, -0.1) is 11.3 Å². The molecule has 1 fully saturated rings. The first-order valence-corrected chi connectivity index (χ1v) is 9.38. The summed E-state index contributed by atoms with van der Waals surface area (Å²) >= 11 is 3.02. The Bertz CT molecular complexity index is 732. The van der Waals surface area contributed by atoms with Crippen LogP contribution in [0.2, 0.25) is 0 Å². The largest absolute Gasteiger partial charge is 0.495 e. The zero-order valence-corrected chi connectivity index (χ0v) is 15.6. The fourth-order valence-electron chi connectivity index (χ4n) is 2.32. The zero-order chi connectivity index (χ0) is 17.6. The van der Waals surface area contributed by atoms with Crippen molar-refractivity contribution >= 4 is 40.1 Å². The highest BCUT2D eigenvalue weighted by Gasteiger charge is 2.15. The van der Waals surface area contributed by atoms with Crippen molar-refractivity contribution in [2.45, 2.75) is 5.03 Å². The van der Waals surface area contributed by atoms with E-state index < -0.39 is 5.97 Å². The minimum absolute atomic E-state index is 0.396. The molecule has 9 heteroatoms. The minimum atomic E-state index is -0.396. The molecule has 134 valence electrons. The van der Waals surface area contributed by atoms with Crippen molar-refractivity contribution in [3.8, 4) is 5.75 Å². The van der Waals surface area contributed by atoms with Gasteiger partial charge in [-0.05, 0) is 18.2 Å². The molecule has 1 aliphatic rings. The summed E-state index contributed by atoms with van der Waals surface area (Å²) in [5.41, 5.74) is 1.21. The molecule has 3 rings (SSSR count). The average Bonchev–Trinajstić information content (AvgIpc) is 3.15. The molecule has 0 atom stereocenters. The summed E-state index contributed by atoms with van der Waals surface area (Å²) in [6.07, 6.45) is 0. The summed E-state index contributed by atoms with van der Waals surface area (Å²) in [5, 5.41) is 3.89. The monoisotopic (exact) mass is 381 g/mol. The van der Waals surface area contributed by atoms with E-state index in [4.69, 9.17) is 14.2 Å². The second kappa shape index (κ2) is 8.41. The molecule has 0 radical (unpaired) electrons. The minimum Gasteiger partial charge on any atom is -0.495 e. The third-order valence-corrected chi connectivity index (χ3v) is 5.43. The van der Waals surface area contributed by atoms with Crippen LogP contribution in [0.3, 0.4) is 0 Å². The van der Waals surface area contributed by atoms with E-state index in [1.54, 1.807) is 36.6 Å². The molecule has 7 nitrogen and oxygen atoms in total. The van der Waals surface area contributed by atoms with Crippen LogP contribution in [0, 0.1) is 0 Å². The fraction of sp³-hybridized carbons (Fsp3) is 0.375. The lowest BCUT2D eigenvalue weighted by molar-refractivity contribution is 0.0600. The van der Waals surface area contributed by atoms with E-state index in [0.717, 1.165) is 42.1 Å². The van der Waals surface area contributed by atoms with E-state index in [9.17, 15) is 4.79 Å². The topological polar surface area (TPSA) is 72.9 Å². The molecule has 0 amide bonds. The number of esters is 1. The van der Waals surface area contributed by atoms with Crippen molar-refractivity contribution in [2.24, 2.45) is 0 Å². The number of anilines is 2. The second-order valence-electron chi connectivity index (χ2n) is 5.18. The normalized spacial score (nSPS) is 14.2. The highest BCUT2D eigenvalue weighted by Crippen LogP contribution is 2.32. The highest BCUT2D eigenvalue weighted by atomic mass is 32.2. The Morgan fingerprint density at radius 2 is 2.16 bits per heavy atom. The van der Waals surface area contributed by atoms with E-state index in [1.165, 1.54) is 19.1 Å². The molecule has 0 unspecified atom stereocenters. The van der Waals surface area contributed by atoms with Crippen LogP contribution in [0.25, 0.3) is 0 Å². The Hall–Kier alpha value is -1.97. The molecule has 1 saturated heterocycles. The number of benzene rings is 1. The van der Waals surface area contributed by atoms with Crippen LogP contribution >= 0.6 is 23.3 Å². The number of hydrogen-bond acceptors (Lipinski definition) is 9. The first-order valence-electron chi connectivity index (χ1n) is 7.68. The molecule has 0 aliphatic carbocycles. The third kappa shape index (κ3) is 4.36. The number of nitrogens with zero attached hydrogens (tertiary/aromatic N) is 2. The maximum atomic E-state index is 11.6. The van der Waals surface area contributed by atoms with Gasteiger partial charge in [0.25, 0.3) is 0 Å². The van der Waals surface area contributed by atoms with Gasteiger partial charge < -0.3 is 23.8 Å². The number of hydrogen-bond donors (Lipinski definition) is 1. The molecule has 0 bridgehead atoms. The standard InChI is InChI=1S/C16H19N3O4S2/c1-21-13-9-11(15(20)22-2)3-4-12(13)18-25-14-10-24-16(17-14)19-5-7-23-8-6-19/h3-4,9-10,18H,5-8H2,1-2H3. The fourth-order valence-corrected chi connectivity index (χ4v) is 3.98. The summed E-state index contributed by atoms with van der Waals surface area (Å²) in [5.74, 6) is 0.172. The molecule has 25 heavy (non-hydrogen) atoms. The lowest BCUT2D eigenvalue weighted by atomic mass is 10.2. The Balaban J connectivity index is 1.65. The van der Waals surface area contributed by atoms with Gasteiger partial charge in [-0.2, -0.15) is 0 Å². The van der Waals surface area contributed by atoms with Gasteiger partial charge in [-0.25, -0.2) is 9.78 Å². The molecule has 2 heterocycles. The molecule has 0 saturated carbocycles. The molecule has 1 N–H and O–H groups in total. The SMILES string of the molecule is COC(=O)c1ccc(NSc2csc(N3CCOCC3)n2)c(OC)c1. The molecular weight excluding hydrogens is 362 g/mol. The number of aromatic nitrogens is 1. The molecule has 1 aromatic carbocycles. The Morgan fingerprint density at radius 3 is 2.88 bits per heavy atom. The summed E-state index contributed by atoms with van der Waals surface area (Å²) < 4.78 is 18.7. The van der Waals surface area contributed by atoms with E-state index in [2.05, 4.69) is 14.6 Å². The Morgan fingerprint density at radius 1 is 1.36 bits per heavy atom. The van der Waals surface area contributed by atoms with Crippen molar-refractivity contribution in [3.63, 3.8) is 0 Å². The predicted molar refractivity (Wildman–Crippen MR) is 99.0 cm³/mol. The molecule has 1 aliphatic heterocycles. The first-order chi connectivity index (χ1) is 12.2. The van der Waals surface area contributed by atoms with Crippen molar-refractivity contribution in [1.82, 2.24) is 4.98 Å². The number of nitrogens with one attached hydrogen (secondary N) is 1. The summed E-state index contributed by atoms with van der Waals surface area (Å²) in [6, 6.07) is 5.12. The molecular formula is C16H19N3O4S2. The van der Waals surface area contributed by atoms with Gasteiger partial charge in [0.2, 0.25) is 0 Å². The van der Waals surface area contributed by atoms with Gasteiger partial charge in [0.05, 0.1) is 38.7 Å². The van der Waals surface area contributed by atoms with Gasteiger partial charge in [0.15, 0.2) is 5.13 Å². The summed E-state index contributed by atoms with van der Waals surface area (Å²) in [7, 11) is 2.91. The zero-order valence-electron chi connectivity index (χ0n) is 14.0. The smallest absolute Gasteiger partial charge is 0.337 e. The number of carbonyl (C=O) groups excluding carboxylic acids is 1. The van der Waals surface area contributed by atoms with Crippen molar-refractivity contribution < 1.29 is 19.0 Å². The molecule has 1 aromatic heterocycles. The first kappa shape index (κ1) is 17.8. The molecule has 2 aromatic rings. The van der Waals surface area contributed by atoms with Crippen LogP contribution in [0.5, 0.6) is 5.75 Å². The summed E-state index contributed by atoms with van der Waals surface area (Å²) in [4.78, 5) is 18.5. The van der Waals surface area contributed by atoms with E-state index in [-0.39, 0.29) is 0 Å². The van der Waals surface area contributed by atoms with E-state index in [0.29, 0.717) is 11.3 Å². The Kier molecular flexibility index (Phi) is 6.00. The predicted octanol–water partition coefficient (Wildman–Crippen LogP) is 2.89. The maximum absolute atomic E-state index is 11.6. The van der Waals surface area contributed by atoms with Crippen LogP contribution in [-0.4, -0.2) is 51.5 Å². The van der Waals surface area contributed by atoms with Gasteiger partial charge >= 0.3 is 5.97 Å². The van der Waals surface area contributed by atoms with Crippen LogP contribution in [-0.2, 0) is 9.47 Å². The van der Waals surface area contributed by atoms with Crippen LogP contribution in [0.15, 0.2) is 28.6 Å². The number of morpholine rings is 1. The van der Waals surface area contributed by atoms with Gasteiger partial charge in [-0.3, -0.25) is 0 Å². The van der Waals surface area contributed by atoms with Crippen LogP contribution in [0.1, 0.15) is 10.4 Å². The van der Waals surface area contributed by atoms with Gasteiger partial charge in [-0.1, -0.05) is 0 Å². The van der Waals surface area contributed by atoms with E-state index >= 15 is 0 Å². The lowest BCUT2D eigenvalue weighted by Crippen LogP contribution is -2.36. The van der Waals surface area contributed by atoms with Crippen LogP contribution < -0.4 is 14.4 Å². The van der Waals surface area contributed by atoms with Crippen molar-refractivity contribution in [2.75, 3.05) is 50.1 Å². The van der Waals surface area contributed by atoms with Crippen LogP contribution in [0.4, 0.5) is 10.8 Å². The van der Waals surface area contributed by atoms with E-state index in [1.807, 2.05) is 5.38 Å². The van der Waals surface area contributed by atoms with Crippen molar-refractivity contribution in [1.29, 1.82) is 0 Å². The number of carbonyl (C=O) groups is 1. The quantitative estimate of drug-likeness (QED) is 0.605. The van der Waals surface area contributed by atoms with Crippen molar-refractivity contribution in [3.05, 3.63) is 29.1 Å². The second-order valence-corrected chi connectivity index (χ2v) is 6.84. The van der Waals surface area contributed by atoms with Gasteiger partial charge in [0.1, 0.15) is 10.8 Å². The lowest BCUT2D eigenvalue weighted by Gasteiger charge is -2.25. The third-order valence-electron chi connectivity index (χ3n) is 3.64. The number of rotatable bonds is 6. The maximum Gasteiger partial charge on any atom is 0.337 e. The molecule has 0 spiro atoms. The average molecular weight is 381 g/mol.